The Morgan fingerprint density at radius 3 is 2.70 bits per heavy atom. The van der Waals surface area contributed by atoms with Crippen LogP contribution >= 0.6 is 0 Å². The Labute approximate surface area is 133 Å². The third-order valence-corrected chi connectivity index (χ3v) is 3.35. The molecule has 1 unspecified atom stereocenters. The zero-order valence-electron chi connectivity index (χ0n) is 13.1. The Morgan fingerprint density at radius 2 is 2.13 bits per heavy atom. The first-order valence-electron chi connectivity index (χ1n) is 7.25. The number of carbonyl (C=O) groups is 1. The van der Waals surface area contributed by atoms with Crippen molar-refractivity contribution in [2.45, 2.75) is 26.4 Å². The van der Waals surface area contributed by atoms with Crippen LogP contribution in [0.4, 0.5) is 0 Å². The molecular formula is C15H20N4O4. The second-order valence-corrected chi connectivity index (χ2v) is 5.26. The second-order valence-electron chi connectivity index (χ2n) is 5.26. The molecule has 1 atom stereocenters. The molecule has 124 valence electrons. The van der Waals surface area contributed by atoms with Crippen LogP contribution in [-0.4, -0.2) is 49.5 Å². The number of aliphatic hydroxyl groups excluding tert-OH is 2. The summed E-state index contributed by atoms with van der Waals surface area (Å²) >= 11 is 0. The fourth-order valence-corrected chi connectivity index (χ4v) is 2.18. The van der Waals surface area contributed by atoms with Crippen molar-refractivity contribution < 1.29 is 15.0 Å². The highest BCUT2D eigenvalue weighted by Crippen LogP contribution is 2.07. The summed E-state index contributed by atoms with van der Waals surface area (Å²) in [6, 6.07) is 2.62. The van der Waals surface area contributed by atoms with Gasteiger partial charge in [-0.05, 0) is 26.0 Å². The number of hydrogen-bond acceptors (Lipinski definition) is 5. The first-order chi connectivity index (χ1) is 11.0. The molecule has 0 bridgehead atoms. The topological polar surface area (TPSA) is 109 Å². The first-order valence-corrected chi connectivity index (χ1v) is 7.25. The van der Waals surface area contributed by atoms with E-state index in [0.29, 0.717) is 5.69 Å². The highest BCUT2D eigenvalue weighted by Gasteiger charge is 2.17. The number of carbonyl (C=O) groups excluding carboxylic acids is 1. The lowest BCUT2D eigenvalue weighted by atomic mass is 10.2. The largest absolute Gasteiger partial charge is 0.395 e. The van der Waals surface area contributed by atoms with Crippen molar-refractivity contribution in [2.75, 3.05) is 13.2 Å². The molecule has 8 heteroatoms. The van der Waals surface area contributed by atoms with E-state index in [1.165, 1.54) is 23.0 Å². The molecule has 2 heterocycles. The number of rotatable bonds is 6. The molecule has 2 aromatic rings. The van der Waals surface area contributed by atoms with Crippen LogP contribution in [0.5, 0.6) is 0 Å². The number of pyridine rings is 1. The molecule has 0 saturated heterocycles. The zero-order valence-corrected chi connectivity index (χ0v) is 13.1. The number of nitrogens with zero attached hydrogens (tertiary/aromatic N) is 3. The van der Waals surface area contributed by atoms with Crippen LogP contribution in [0.25, 0.3) is 5.69 Å². The Kier molecular flexibility index (Phi) is 5.30. The van der Waals surface area contributed by atoms with E-state index in [0.717, 1.165) is 5.69 Å². The standard InChI is InChI=1S/C15H20N4O4/c1-10-7-18(9-16-10)13-4-3-12(14(22)17-11(2)8-21)19(5-6-20)15(13)23/h3-4,7,9,11,20-21H,5-6,8H2,1-2H3,(H,17,22). The smallest absolute Gasteiger partial charge is 0.275 e. The number of aryl methyl sites for hydroxylation is 1. The van der Waals surface area contributed by atoms with Crippen molar-refractivity contribution in [3.63, 3.8) is 0 Å². The molecule has 0 radical (unpaired) electrons. The molecule has 0 aliphatic carbocycles. The van der Waals surface area contributed by atoms with Gasteiger partial charge in [0, 0.05) is 18.8 Å². The summed E-state index contributed by atoms with van der Waals surface area (Å²) in [6.45, 7) is 2.97. The molecule has 3 N–H and O–H groups in total. The number of aromatic nitrogens is 3. The number of imidazole rings is 1. The minimum atomic E-state index is -0.481. The molecule has 0 fully saturated rings. The highest BCUT2D eigenvalue weighted by atomic mass is 16.3. The molecule has 1 amide bonds. The van der Waals surface area contributed by atoms with Gasteiger partial charge in [-0.3, -0.25) is 14.2 Å². The third-order valence-electron chi connectivity index (χ3n) is 3.35. The van der Waals surface area contributed by atoms with E-state index >= 15 is 0 Å². The number of amides is 1. The summed E-state index contributed by atoms with van der Waals surface area (Å²) < 4.78 is 2.79. The van der Waals surface area contributed by atoms with E-state index in [1.54, 1.807) is 24.6 Å². The third kappa shape index (κ3) is 3.66. The van der Waals surface area contributed by atoms with Gasteiger partial charge in [-0.25, -0.2) is 4.98 Å². The Bertz CT molecular complexity index is 750. The van der Waals surface area contributed by atoms with Crippen molar-refractivity contribution >= 4 is 5.91 Å². The molecule has 8 nitrogen and oxygen atoms in total. The lowest BCUT2D eigenvalue weighted by molar-refractivity contribution is 0.0910. The maximum absolute atomic E-state index is 12.6. The summed E-state index contributed by atoms with van der Waals surface area (Å²) in [5, 5.41) is 20.8. The normalized spacial score (nSPS) is 12.2. The van der Waals surface area contributed by atoms with E-state index in [2.05, 4.69) is 10.3 Å². The average Bonchev–Trinajstić information content (AvgIpc) is 2.95. The van der Waals surface area contributed by atoms with Gasteiger partial charge in [-0.1, -0.05) is 0 Å². The number of hydrogen-bond donors (Lipinski definition) is 3. The predicted octanol–water partition coefficient (Wildman–Crippen LogP) is -0.555. The second kappa shape index (κ2) is 7.21. The molecule has 2 rings (SSSR count). The van der Waals surface area contributed by atoms with Gasteiger partial charge in [0.1, 0.15) is 11.4 Å². The van der Waals surface area contributed by atoms with Crippen LogP contribution < -0.4 is 10.9 Å². The van der Waals surface area contributed by atoms with Crippen LogP contribution in [0.2, 0.25) is 0 Å². The van der Waals surface area contributed by atoms with E-state index in [1.807, 2.05) is 0 Å². The maximum atomic E-state index is 12.6. The molecule has 0 aromatic carbocycles. The van der Waals surface area contributed by atoms with Gasteiger partial charge in [0.2, 0.25) is 0 Å². The molecule has 0 spiro atoms. The lowest BCUT2D eigenvalue weighted by Gasteiger charge is -2.16. The van der Waals surface area contributed by atoms with Gasteiger partial charge in [0.15, 0.2) is 0 Å². The van der Waals surface area contributed by atoms with Gasteiger partial charge in [0.25, 0.3) is 11.5 Å². The van der Waals surface area contributed by atoms with E-state index in [-0.39, 0.29) is 25.5 Å². The molecular weight excluding hydrogens is 300 g/mol. The zero-order chi connectivity index (χ0) is 17.0. The lowest BCUT2D eigenvalue weighted by Crippen LogP contribution is -2.39. The van der Waals surface area contributed by atoms with Gasteiger partial charge < -0.3 is 20.1 Å². The van der Waals surface area contributed by atoms with Crippen LogP contribution in [0.1, 0.15) is 23.1 Å². The van der Waals surface area contributed by atoms with Crippen molar-refractivity contribution in [3.05, 3.63) is 46.4 Å². The van der Waals surface area contributed by atoms with Crippen molar-refractivity contribution in [3.8, 4) is 5.69 Å². The Morgan fingerprint density at radius 1 is 1.39 bits per heavy atom. The average molecular weight is 320 g/mol. The van der Waals surface area contributed by atoms with Crippen LogP contribution in [-0.2, 0) is 6.54 Å². The molecule has 2 aromatic heterocycles. The highest BCUT2D eigenvalue weighted by molar-refractivity contribution is 5.92. The summed E-state index contributed by atoms with van der Waals surface area (Å²) in [5.74, 6) is -0.481. The van der Waals surface area contributed by atoms with E-state index < -0.39 is 17.5 Å². The van der Waals surface area contributed by atoms with Crippen LogP contribution in [0, 0.1) is 6.92 Å². The minimum absolute atomic E-state index is 0.00336. The fraction of sp³-hybridized carbons (Fsp3) is 0.400. The number of nitrogens with one attached hydrogen (secondary N) is 1. The van der Waals surface area contributed by atoms with Crippen molar-refractivity contribution in [1.82, 2.24) is 19.4 Å². The number of aliphatic hydroxyl groups is 2. The van der Waals surface area contributed by atoms with Crippen molar-refractivity contribution in [2.24, 2.45) is 0 Å². The summed E-state index contributed by atoms with van der Waals surface area (Å²) in [7, 11) is 0. The SMILES string of the molecule is Cc1cn(-c2ccc(C(=O)NC(C)CO)n(CCO)c2=O)cn1. The summed E-state index contributed by atoms with van der Waals surface area (Å²) in [4.78, 5) is 28.9. The van der Waals surface area contributed by atoms with E-state index in [9.17, 15) is 14.7 Å². The van der Waals surface area contributed by atoms with E-state index in [4.69, 9.17) is 5.11 Å². The molecule has 23 heavy (non-hydrogen) atoms. The quantitative estimate of drug-likeness (QED) is 0.661. The first kappa shape index (κ1) is 16.9. The van der Waals surface area contributed by atoms with Crippen LogP contribution in [0.15, 0.2) is 29.5 Å². The Hall–Kier alpha value is -2.45. The van der Waals surface area contributed by atoms with Gasteiger partial charge in [-0.2, -0.15) is 0 Å². The molecule has 0 saturated carbocycles. The fourth-order valence-electron chi connectivity index (χ4n) is 2.18. The molecule has 0 aliphatic rings. The van der Waals surface area contributed by atoms with Gasteiger partial charge in [0.05, 0.1) is 25.2 Å². The predicted molar refractivity (Wildman–Crippen MR) is 83.7 cm³/mol. The maximum Gasteiger partial charge on any atom is 0.275 e. The Balaban J connectivity index is 2.47. The monoisotopic (exact) mass is 320 g/mol. The van der Waals surface area contributed by atoms with Crippen LogP contribution in [0.3, 0.4) is 0 Å². The molecule has 0 aliphatic heterocycles. The summed E-state index contributed by atoms with van der Waals surface area (Å²) in [5.41, 5.74) is 0.827. The summed E-state index contributed by atoms with van der Waals surface area (Å²) in [6.07, 6.45) is 3.22. The van der Waals surface area contributed by atoms with Gasteiger partial charge >= 0.3 is 0 Å². The minimum Gasteiger partial charge on any atom is -0.395 e. The van der Waals surface area contributed by atoms with Crippen molar-refractivity contribution in [1.29, 1.82) is 0 Å². The van der Waals surface area contributed by atoms with Gasteiger partial charge in [-0.15, -0.1) is 0 Å².